The van der Waals surface area contributed by atoms with Crippen LogP contribution in [0.1, 0.15) is 12.8 Å². The molecule has 1 aromatic rings. The molecular weight excluding hydrogens is 327 g/mol. The maximum atomic E-state index is 11.9. The van der Waals surface area contributed by atoms with Crippen molar-refractivity contribution in [3.05, 3.63) is 28.2 Å². The number of benzene rings is 1. The number of hydrogen-bond donors (Lipinski definition) is 3. The highest BCUT2D eigenvalue weighted by atomic mass is 35.5. The molecule has 3 N–H and O–H groups in total. The molecule has 2 atom stereocenters. The van der Waals surface area contributed by atoms with Crippen molar-refractivity contribution in [3.8, 4) is 5.75 Å². The van der Waals surface area contributed by atoms with Crippen LogP contribution in [0.3, 0.4) is 0 Å². The second-order valence-corrected chi connectivity index (χ2v) is 6.09. The zero-order chi connectivity index (χ0) is 15.9. The van der Waals surface area contributed by atoms with Gasteiger partial charge in [-0.05, 0) is 31.5 Å². The van der Waals surface area contributed by atoms with Crippen molar-refractivity contribution in [2.24, 2.45) is 5.92 Å². The first-order chi connectivity index (χ1) is 10.6. The van der Waals surface area contributed by atoms with Crippen molar-refractivity contribution in [2.45, 2.75) is 18.9 Å². The van der Waals surface area contributed by atoms with Gasteiger partial charge in [-0.2, -0.15) is 0 Å². The Morgan fingerprint density at radius 2 is 2.32 bits per heavy atom. The van der Waals surface area contributed by atoms with E-state index in [0.29, 0.717) is 22.3 Å². The van der Waals surface area contributed by atoms with Crippen molar-refractivity contribution in [1.82, 2.24) is 10.6 Å². The molecule has 1 amide bonds. The molecule has 22 heavy (non-hydrogen) atoms. The summed E-state index contributed by atoms with van der Waals surface area (Å²) in [5, 5.41) is 16.5. The second kappa shape index (κ2) is 8.58. The molecule has 1 aliphatic heterocycles. The minimum absolute atomic E-state index is 0.0238. The van der Waals surface area contributed by atoms with Crippen molar-refractivity contribution in [2.75, 3.05) is 26.2 Å². The third-order valence-electron chi connectivity index (χ3n) is 3.53. The van der Waals surface area contributed by atoms with Gasteiger partial charge in [0.2, 0.25) is 5.91 Å². The summed E-state index contributed by atoms with van der Waals surface area (Å²) in [4.78, 5) is 11.9. The normalized spacial score (nSPS) is 19.5. The molecule has 0 bridgehead atoms. The van der Waals surface area contributed by atoms with Crippen LogP contribution in [0.25, 0.3) is 0 Å². The number of piperidine rings is 1. The predicted molar refractivity (Wildman–Crippen MR) is 86.6 cm³/mol. The van der Waals surface area contributed by atoms with Gasteiger partial charge in [0.25, 0.3) is 0 Å². The molecule has 1 aliphatic rings. The zero-order valence-corrected chi connectivity index (χ0v) is 13.7. The van der Waals surface area contributed by atoms with Crippen LogP contribution in [0.15, 0.2) is 18.2 Å². The Hall–Kier alpha value is -1.01. The van der Waals surface area contributed by atoms with E-state index >= 15 is 0 Å². The number of rotatable bonds is 6. The van der Waals surface area contributed by atoms with Crippen LogP contribution in [0.5, 0.6) is 5.75 Å². The molecule has 0 aromatic heterocycles. The Kier molecular flexibility index (Phi) is 6.76. The first kappa shape index (κ1) is 17.3. The number of halogens is 2. The number of ether oxygens (including phenoxy) is 1. The molecule has 2 unspecified atom stereocenters. The molecule has 0 radical (unpaired) electrons. The molecule has 1 fully saturated rings. The highest BCUT2D eigenvalue weighted by Crippen LogP contribution is 2.31. The van der Waals surface area contributed by atoms with Crippen molar-refractivity contribution >= 4 is 29.1 Å². The Balaban J connectivity index is 1.72. The molecular formula is C15H20Cl2N2O3. The quantitative estimate of drug-likeness (QED) is 0.735. The van der Waals surface area contributed by atoms with Crippen LogP contribution in [-0.2, 0) is 4.79 Å². The lowest BCUT2D eigenvalue weighted by Gasteiger charge is -2.22. The smallest absolute Gasteiger partial charge is 0.224 e. The summed E-state index contributed by atoms with van der Waals surface area (Å²) in [5.41, 5.74) is 0. The summed E-state index contributed by atoms with van der Waals surface area (Å²) in [5.74, 6) is 0.354. The van der Waals surface area contributed by atoms with E-state index < -0.39 is 6.10 Å². The van der Waals surface area contributed by atoms with Crippen LogP contribution in [-0.4, -0.2) is 43.4 Å². The Bertz CT molecular complexity index is 508. The number of hydrogen-bond acceptors (Lipinski definition) is 4. The number of nitrogens with one attached hydrogen (secondary N) is 2. The Morgan fingerprint density at radius 1 is 1.50 bits per heavy atom. The molecule has 2 rings (SSSR count). The maximum Gasteiger partial charge on any atom is 0.224 e. The van der Waals surface area contributed by atoms with E-state index in [2.05, 4.69) is 10.6 Å². The first-order valence-corrected chi connectivity index (χ1v) is 8.07. The number of carbonyl (C=O) groups excluding carboxylic acids is 1. The third kappa shape index (κ3) is 5.02. The van der Waals surface area contributed by atoms with Crippen molar-refractivity contribution in [1.29, 1.82) is 0 Å². The number of carbonyl (C=O) groups is 1. The summed E-state index contributed by atoms with van der Waals surface area (Å²) >= 11 is 11.9. The van der Waals surface area contributed by atoms with Crippen LogP contribution in [0.2, 0.25) is 10.0 Å². The molecule has 1 heterocycles. The summed E-state index contributed by atoms with van der Waals surface area (Å²) in [6.07, 6.45) is 1.07. The molecule has 5 nitrogen and oxygen atoms in total. The lowest BCUT2D eigenvalue weighted by atomic mass is 9.99. The minimum Gasteiger partial charge on any atom is -0.489 e. The van der Waals surface area contributed by atoms with Gasteiger partial charge >= 0.3 is 0 Å². The van der Waals surface area contributed by atoms with Crippen LogP contribution in [0.4, 0.5) is 0 Å². The monoisotopic (exact) mass is 346 g/mol. The van der Waals surface area contributed by atoms with Crippen LogP contribution >= 0.6 is 23.2 Å². The maximum absolute atomic E-state index is 11.9. The molecule has 0 spiro atoms. The molecule has 1 saturated heterocycles. The molecule has 122 valence electrons. The lowest BCUT2D eigenvalue weighted by Crippen LogP contribution is -2.43. The summed E-state index contributed by atoms with van der Waals surface area (Å²) < 4.78 is 5.43. The zero-order valence-electron chi connectivity index (χ0n) is 12.1. The average Bonchev–Trinajstić information content (AvgIpc) is 2.54. The lowest BCUT2D eigenvalue weighted by molar-refractivity contribution is -0.126. The van der Waals surface area contributed by atoms with Gasteiger partial charge in [-0.1, -0.05) is 29.3 Å². The topological polar surface area (TPSA) is 70.6 Å². The van der Waals surface area contributed by atoms with E-state index in [-0.39, 0.29) is 25.0 Å². The van der Waals surface area contributed by atoms with E-state index in [4.69, 9.17) is 27.9 Å². The fourth-order valence-electron chi connectivity index (χ4n) is 2.28. The van der Waals surface area contributed by atoms with Crippen molar-refractivity contribution in [3.63, 3.8) is 0 Å². The van der Waals surface area contributed by atoms with E-state index in [1.807, 2.05) is 0 Å². The van der Waals surface area contributed by atoms with E-state index in [1.54, 1.807) is 18.2 Å². The predicted octanol–water partition coefficient (Wildman–Crippen LogP) is 1.85. The molecule has 1 aromatic carbocycles. The summed E-state index contributed by atoms with van der Waals surface area (Å²) in [6, 6.07) is 5.05. The van der Waals surface area contributed by atoms with Gasteiger partial charge in [0, 0.05) is 13.1 Å². The number of amides is 1. The minimum atomic E-state index is -0.810. The van der Waals surface area contributed by atoms with E-state index in [1.165, 1.54) is 0 Å². The van der Waals surface area contributed by atoms with Gasteiger partial charge < -0.3 is 20.5 Å². The van der Waals surface area contributed by atoms with Crippen molar-refractivity contribution < 1.29 is 14.6 Å². The van der Waals surface area contributed by atoms with Gasteiger partial charge in [-0.15, -0.1) is 0 Å². The summed E-state index contributed by atoms with van der Waals surface area (Å²) in [7, 11) is 0. The fourth-order valence-corrected chi connectivity index (χ4v) is 2.63. The molecule has 7 heteroatoms. The van der Waals surface area contributed by atoms with Gasteiger partial charge in [-0.3, -0.25) is 4.79 Å². The van der Waals surface area contributed by atoms with Crippen LogP contribution < -0.4 is 15.4 Å². The Labute approximate surface area is 139 Å². The van der Waals surface area contributed by atoms with E-state index in [0.717, 1.165) is 19.4 Å². The second-order valence-electron chi connectivity index (χ2n) is 5.31. The number of aliphatic hydroxyl groups is 1. The Morgan fingerprint density at radius 3 is 3.05 bits per heavy atom. The fraction of sp³-hybridized carbons (Fsp3) is 0.533. The molecule has 0 saturated carbocycles. The highest BCUT2D eigenvalue weighted by Gasteiger charge is 2.21. The molecule has 0 aliphatic carbocycles. The third-order valence-corrected chi connectivity index (χ3v) is 4.33. The van der Waals surface area contributed by atoms with Gasteiger partial charge in [0.1, 0.15) is 23.5 Å². The van der Waals surface area contributed by atoms with Gasteiger partial charge in [0.15, 0.2) is 0 Å². The van der Waals surface area contributed by atoms with E-state index in [9.17, 15) is 9.90 Å². The number of aliphatic hydroxyl groups excluding tert-OH is 1. The largest absolute Gasteiger partial charge is 0.489 e. The van der Waals surface area contributed by atoms with Crippen LogP contribution in [0, 0.1) is 5.92 Å². The highest BCUT2D eigenvalue weighted by molar-refractivity contribution is 6.42. The average molecular weight is 347 g/mol. The standard InChI is InChI=1S/C15H20Cl2N2O3/c16-12-4-1-5-13(14(12)17)22-9-11(20)8-19-15(21)10-3-2-6-18-7-10/h1,4-5,10-11,18,20H,2-3,6-9H2,(H,19,21). The van der Waals surface area contributed by atoms with Gasteiger partial charge in [-0.25, -0.2) is 0 Å². The first-order valence-electron chi connectivity index (χ1n) is 7.31. The van der Waals surface area contributed by atoms with Gasteiger partial charge in [0.05, 0.1) is 10.9 Å². The summed E-state index contributed by atoms with van der Waals surface area (Å²) in [6.45, 7) is 1.83. The SMILES string of the molecule is O=C(NCC(O)COc1cccc(Cl)c1Cl)C1CCCNC1.